The van der Waals surface area contributed by atoms with Crippen LogP contribution >= 0.6 is 0 Å². The minimum Gasteiger partial charge on any atom is -0.382 e. The van der Waals surface area contributed by atoms with Crippen LogP contribution < -0.4 is 11.1 Å². The number of benzene rings is 1. The normalized spacial score (nSPS) is 11.3. The SMILES string of the molecule is Nc1nc2cc(-c3cc[nH]n3)ccc2c2cn(CCNC(=O)c3ccon3)nc12. The number of nitrogens with two attached hydrogens (primary N) is 1. The van der Waals surface area contributed by atoms with E-state index in [1.54, 1.807) is 10.9 Å². The van der Waals surface area contributed by atoms with Crippen LogP contribution in [0.2, 0.25) is 0 Å². The molecule has 5 rings (SSSR count). The molecule has 10 heteroatoms. The fraction of sp³-hybridized carbons (Fsp3) is 0.105. The molecule has 144 valence electrons. The number of rotatable bonds is 5. The van der Waals surface area contributed by atoms with Crippen LogP contribution in [0.4, 0.5) is 5.82 Å². The van der Waals surface area contributed by atoms with E-state index in [9.17, 15) is 4.79 Å². The Morgan fingerprint density at radius 1 is 1.24 bits per heavy atom. The molecule has 0 atom stereocenters. The number of carbonyl (C=O) groups is 1. The van der Waals surface area contributed by atoms with E-state index in [0.29, 0.717) is 24.4 Å². The molecule has 0 saturated carbocycles. The van der Waals surface area contributed by atoms with Crippen LogP contribution in [0, 0.1) is 0 Å². The van der Waals surface area contributed by atoms with E-state index in [2.05, 4.69) is 35.3 Å². The van der Waals surface area contributed by atoms with Gasteiger partial charge in [0, 0.05) is 41.3 Å². The number of aromatic amines is 1. The van der Waals surface area contributed by atoms with Crippen LogP contribution in [-0.4, -0.2) is 42.6 Å². The lowest BCUT2D eigenvalue weighted by Gasteiger charge is -2.03. The van der Waals surface area contributed by atoms with Crippen molar-refractivity contribution in [2.45, 2.75) is 6.54 Å². The Morgan fingerprint density at radius 3 is 2.97 bits per heavy atom. The molecule has 4 N–H and O–H groups in total. The van der Waals surface area contributed by atoms with Gasteiger partial charge >= 0.3 is 0 Å². The van der Waals surface area contributed by atoms with Crippen molar-refractivity contribution in [2.24, 2.45) is 0 Å². The lowest BCUT2D eigenvalue weighted by atomic mass is 10.1. The Morgan fingerprint density at radius 2 is 2.17 bits per heavy atom. The topological polar surface area (TPSA) is 141 Å². The molecular weight excluding hydrogens is 372 g/mol. The predicted octanol–water partition coefficient (Wildman–Crippen LogP) is 1.97. The molecule has 0 unspecified atom stereocenters. The summed E-state index contributed by atoms with van der Waals surface area (Å²) in [6, 6.07) is 9.34. The highest BCUT2D eigenvalue weighted by Crippen LogP contribution is 2.29. The predicted molar refractivity (Wildman–Crippen MR) is 106 cm³/mol. The van der Waals surface area contributed by atoms with E-state index in [4.69, 9.17) is 5.73 Å². The van der Waals surface area contributed by atoms with E-state index < -0.39 is 0 Å². The summed E-state index contributed by atoms with van der Waals surface area (Å²) in [6.45, 7) is 0.860. The molecule has 0 radical (unpaired) electrons. The number of pyridine rings is 1. The van der Waals surface area contributed by atoms with Gasteiger partial charge in [-0.15, -0.1) is 0 Å². The average Bonchev–Trinajstić information content (AvgIpc) is 3.48. The second kappa shape index (κ2) is 6.75. The van der Waals surface area contributed by atoms with Crippen LogP contribution in [-0.2, 0) is 6.54 Å². The van der Waals surface area contributed by atoms with E-state index in [-0.39, 0.29) is 11.6 Å². The van der Waals surface area contributed by atoms with Crippen molar-refractivity contribution in [1.82, 2.24) is 35.4 Å². The molecule has 0 aliphatic carbocycles. The molecule has 0 aliphatic heterocycles. The van der Waals surface area contributed by atoms with E-state index in [1.165, 1.54) is 12.3 Å². The molecular formula is C19H16N8O2. The van der Waals surface area contributed by atoms with E-state index >= 15 is 0 Å². The van der Waals surface area contributed by atoms with Gasteiger partial charge in [-0.05, 0) is 12.1 Å². The first-order valence-electron chi connectivity index (χ1n) is 8.94. The third-order valence-corrected chi connectivity index (χ3v) is 4.63. The Hall–Kier alpha value is -4.21. The number of hydrogen-bond donors (Lipinski definition) is 3. The highest BCUT2D eigenvalue weighted by Gasteiger charge is 2.13. The van der Waals surface area contributed by atoms with Crippen molar-refractivity contribution < 1.29 is 9.32 Å². The van der Waals surface area contributed by atoms with Gasteiger partial charge in [-0.3, -0.25) is 14.6 Å². The number of hydrogen-bond acceptors (Lipinski definition) is 7. The van der Waals surface area contributed by atoms with Gasteiger partial charge in [0.15, 0.2) is 11.5 Å². The molecule has 0 bridgehead atoms. The summed E-state index contributed by atoms with van der Waals surface area (Å²) in [6.07, 6.45) is 5.04. The maximum atomic E-state index is 11.9. The summed E-state index contributed by atoms with van der Waals surface area (Å²) in [7, 11) is 0. The monoisotopic (exact) mass is 388 g/mol. The average molecular weight is 388 g/mol. The van der Waals surface area contributed by atoms with Crippen molar-refractivity contribution in [3.05, 3.63) is 54.7 Å². The molecule has 0 spiro atoms. The summed E-state index contributed by atoms with van der Waals surface area (Å²) in [5.74, 6) is 0.0602. The lowest BCUT2D eigenvalue weighted by molar-refractivity contribution is 0.0943. The number of fused-ring (bicyclic) bond motifs is 3. The van der Waals surface area contributed by atoms with Crippen LogP contribution in [0.3, 0.4) is 0 Å². The summed E-state index contributed by atoms with van der Waals surface area (Å²) in [4.78, 5) is 16.4. The number of nitrogen functional groups attached to an aromatic ring is 1. The quantitative estimate of drug-likeness (QED) is 0.418. The fourth-order valence-corrected chi connectivity index (χ4v) is 3.24. The number of amides is 1. The zero-order chi connectivity index (χ0) is 19.8. The van der Waals surface area contributed by atoms with E-state index in [0.717, 1.165) is 27.5 Å². The van der Waals surface area contributed by atoms with E-state index in [1.807, 2.05) is 30.5 Å². The van der Waals surface area contributed by atoms with Gasteiger partial charge in [0.2, 0.25) is 0 Å². The zero-order valence-corrected chi connectivity index (χ0v) is 15.2. The highest BCUT2D eigenvalue weighted by molar-refractivity contribution is 6.08. The molecule has 1 aromatic carbocycles. The van der Waals surface area contributed by atoms with Crippen molar-refractivity contribution in [2.75, 3.05) is 12.3 Å². The number of anilines is 1. The van der Waals surface area contributed by atoms with Crippen molar-refractivity contribution in [3.63, 3.8) is 0 Å². The summed E-state index contributed by atoms with van der Waals surface area (Å²) in [5.41, 5.74) is 9.58. The first-order valence-corrected chi connectivity index (χ1v) is 8.94. The number of carbonyl (C=O) groups excluding carboxylic acids is 1. The van der Waals surface area contributed by atoms with Crippen LogP contribution in [0.1, 0.15) is 10.5 Å². The first kappa shape index (κ1) is 16.9. The van der Waals surface area contributed by atoms with Gasteiger partial charge in [-0.25, -0.2) is 4.98 Å². The number of aromatic nitrogens is 6. The highest BCUT2D eigenvalue weighted by atomic mass is 16.5. The minimum atomic E-state index is -0.298. The second-order valence-corrected chi connectivity index (χ2v) is 6.48. The molecule has 0 saturated heterocycles. The Kier molecular flexibility index (Phi) is 3.94. The molecule has 0 aliphatic rings. The lowest BCUT2D eigenvalue weighted by Crippen LogP contribution is -2.27. The summed E-state index contributed by atoms with van der Waals surface area (Å²) in [5, 5.41) is 19.8. The van der Waals surface area contributed by atoms with Crippen molar-refractivity contribution in [1.29, 1.82) is 0 Å². The maximum Gasteiger partial charge on any atom is 0.273 e. The Balaban J connectivity index is 1.42. The molecule has 4 aromatic heterocycles. The smallest absolute Gasteiger partial charge is 0.273 e. The van der Waals surface area contributed by atoms with Crippen molar-refractivity contribution >= 4 is 33.5 Å². The molecule has 29 heavy (non-hydrogen) atoms. The largest absolute Gasteiger partial charge is 0.382 e. The first-order chi connectivity index (χ1) is 14.2. The van der Waals surface area contributed by atoms with Crippen LogP contribution in [0.5, 0.6) is 0 Å². The minimum absolute atomic E-state index is 0.239. The number of nitrogens with one attached hydrogen (secondary N) is 2. The second-order valence-electron chi connectivity index (χ2n) is 6.48. The van der Waals surface area contributed by atoms with Crippen LogP contribution in [0.25, 0.3) is 33.1 Å². The van der Waals surface area contributed by atoms with Gasteiger partial charge in [-0.2, -0.15) is 10.2 Å². The summed E-state index contributed by atoms with van der Waals surface area (Å²) >= 11 is 0. The van der Waals surface area contributed by atoms with Gasteiger partial charge in [0.1, 0.15) is 11.8 Å². The van der Waals surface area contributed by atoms with Crippen molar-refractivity contribution in [3.8, 4) is 11.3 Å². The molecule has 10 nitrogen and oxygen atoms in total. The third-order valence-electron chi connectivity index (χ3n) is 4.63. The maximum absolute atomic E-state index is 11.9. The Labute approximate surface area is 163 Å². The molecule has 4 heterocycles. The summed E-state index contributed by atoms with van der Waals surface area (Å²) < 4.78 is 6.41. The zero-order valence-electron chi connectivity index (χ0n) is 15.2. The number of nitrogens with zero attached hydrogens (tertiary/aromatic N) is 5. The van der Waals surface area contributed by atoms with Crippen LogP contribution in [0.15, 0.2) is 53.5 Å². The van der Waals surface area contributed by atoms with Gasteiger partial charge in [0.25, 0.3) is 5.91 Å². The molecule has 1 amide bonds. The Bertz CT molecular complexity index is 1310. The molecule has 5 aromatic rings. The molecule has 0 fully saturated rings. The van der Waals surface area contributed by atoms with Gasteiger partial charge in [-0.1, -0.05) is 17.3 Å². The fourth-order valence-electron chi connectivity index (χ4n) is 3.24. The standard InChI is InChI=1S/C19H16N8O2/c20-18-17-13(10-27(25-17)7-6-21-19(28)15-4-8-29-26-15)12-2-1-11(9-16(12)23-18)14-3-5-22-24-14/h1-5,8-10H,6-7H2,(H2,20,23)(H,21,28)(H,22,24). The van der Waals surface area contributed by atoms with Gasteiger partial charge in [0.05, 0.1) is 17.8 Å². The van der Waals surface area contributed by atoms with Gasteiger partial charge < -0.3 is 15.6 Å². The number of H-pyrrole nitrogens is 1. The third kappa shape index (κ3) is 3.06.